The van der Waals surface area contributed by atoms with Crippen molar-refractivity contribution in [2.45, 2.75) is 46.2 Å². The lowest BCUT2D eigenvalue weighted by molar-refractivity contribution is 0.304. The van der Waals surface area contributed by atoms with Crippen LogP contribution in [-0.4, -0.2) is 39.9 Å². The molecule has 0 aliphatic carbocycles. The third-order valence-electron chi connectivity index (χ3n) is 4.02. The molecule has 1 fully saturated rings. The van der Waals surface area contributed by atoms with Crippen molar-refractivity contribution in [3.05, 3.63) is 17.5 Å². The van der Waals surface area contributed by atoms with Crippen LogP contribution in [0.2, 0.25) is 0 Å². The van der Waals surface area contributed by atoms with E-state index in [4.69, 9.17) is 0 Å². The molecule has 108 valence electrons. The van der Waals surface area contributed by atoms with Crippen molar-refractivity contribution < 1.29 is 0 Å². The van der Waals surface area contributed by atoms with Gasteiger partial charge < -0.3 is 5.32 Å². The zero-order chi connectivity index (χ0) is 14.0. The van der Waals surface area contributed by atoms with Gasteiger partial charge in [-0.3, -0.25) is 9.58 Å². The Balaban J connectivity index is 1.81. The van der Waals surface area contributed by atoms with Gasteiger partial charge in [0.05, 0.1) is 6.20 Å². The van der Waals surface area contributed by atoms with Gasteiger partial charge in [0.2, 0.25) is 0 Å². The van der Waals surface area contributed by atoms with Gasteiger partial charge in [0.1, 0.15) is 0 Å². The fourth-order valence-electron chi connectivity index (χ4n) is 2.61. The van der Waals surface area contributed by atoms with E-state index in [1.807, 2.05) is 17.9 Å². The highest BCUT2D eigenvalue weighted by Crippen LogP contribution is 2.19. The van der Waals surface area contributed by atoms with Crippen molar-refractivity contribution in [1.82, 2.24) is 20.0 Å². The van der Waals surface area contributed by atoms with E-state index < -0.39 is 0 Å². The molecule has 1 aromatic heterocycles. The number of hydrogen-bond donors (Lipinski definition) is 1. The van der Waals surface area contributed by atoms with Crippen LogP contribution in [0.4, 0.5) is 0 Å². The molecule has 0 bridgehead atoms. The molecule has 0 saturated carbocycles. The summed E-state index contributed by atoms with van der Waals surface area (Å²) in [5.74, 6) is 0.788. The van der Waals surface area contributed by atoms with Gasteiger partial charge >= 0.3 is 0 Å². The molecule has 1 aromatic rings. The predicted octanol–water partition coefficient (Wildman–Crippen LogP) is 1.94. The zero-order valence-corrected chi connectivity index (χ0v) is 13.0. The number of aromatic nitrogens is 2. The Bertz CT molecular complexity index is 416. The second-order valence-corrected chi connectivity index (χ2v) is 6.90. The summed E-state index contributed by atoms with van der Waals surface area (Å²) in [7, 11) is 2.01. The predicted molar refractivity (Wildman–Crippen MR) is 79.1 cm³/mol. The van der Waals surface area contributed by atoms with Gasteiger partial charge in [-0.25, -0.2) is 0 Å². The molecule has 4 nitrogen and oxygen atoms in total. The van der Waals surface area contributed by atoms with E-state index in [2.05, 4.69) is 43.0 Å². The smallest absolute Gasteiger partial charge is 0.0537 e. The molecule has 19 heavy (non-hydrogen) atoms. The maximum absolute atomic E-state index is 4.32. The van der Waals surface area contributed by atoms with Crippen molar-refractivity contribution >= 4 is 0 Å². The third-order valence-corrected chi connectivity index (χ3v) is 4.02. The van der Waals surface area contributed by atoms with Crippen LogP contribution in [0.1, 0.15) is 38.4 Å². The Morgan fingerprint density at radius 2 is 2.16 bits per heavy atom. The highest BCUT2D eigenvalue weighted by molar-refractivity contribution is 5.15. The number of nitrogens with zero attached hydrogens (tertiary/aromatic N) is 3. The summed E-state index contributed by atoms with van der Waals surface area (Å²) in [4.78, 5) is 2.55. The molecule has 1 atom stereocenters. The van der Waals surface area contributed by atoms with Gasteiger partial charge in [-0.1, -0.05) is 0 Å². The largest absolute Gasteiger partial charge is 0.312 e. The number of hydrogen-bond acceptors (Lipinski definition) is 3. The summed E-state index contributed by atoms with van der Waals surface area (Å²) in [5.41, 5.74) is 2.89. The minimum atomic E-state index is 0.230. The summed E-state index contributed by atoms with van der Waals surface area (Å²) in [6.07, 6.45) is 3.32. The maximum Gasteiger partial charge on any atom is 0.0537 e. The van der Waals surface area contributed by atoms with Crippen LogP contribution in [0.3, 0.4) is 0 Å². The number of nitrogens with one attached hydrogen (secondary N) is 1. The van der Waals surface area contributed by atoms with Crippen LogP contribution >= 0.6 is 0 Å². The topological polar surface area (TPSA) is 33.1 Å². The van der Waals surface area contributed by atoms with Crippen molar-refractivity contribution in [2.75, 3.05) is 19.6 Å². The first-order valence-corrected chi connectivity index (χ1v) is 7.30. The molecular weight excluding hydrogens is 236 g/mol. The molecule has 2 rings (SSSR count). The second kappa shape index (κ2) is 5.63. The monoisotopic (exact) mass is 264 g/mol. The first-order valence-electron chi connectivity index (χ1n) is 7.30. The molecule has 1 unspecified atom stereocenters. The number of aryl methyl sites for hydroxylation is 1. The van der Waals surface area contributed by atoms with Crippen molar-refractivity contribution in [3.63, 3.8) is 0 Å². The van der Waals surface area contributed by atoms with E-state index in [1.165, 1.54) is 30.8 Å². The molecule has 0 spiro atoms. The highest BCUT2D eigenvalue weighted by Gasteiger charge is 2.24. The van der Waals surface area contributed by atoms with E-state index >= 15 is 0 Å². The average Bonchev–Trinajstić information content (AvgIpc) is 2.88. The lowest BCUT2D eigenvalue weighted by Gasteiger charge is -2.23. The Labute approximate surface area is 117 Å². The molecule has 1 N–H and O–H groups in total. The lowest BCUT2D eigenvalue weighted by atomic mass is 10.1. The fraction of sp³-hybridized carbons (Fsp3) is 0.800. The van der Waals surface area contributed by atoms with E-state index in [-0.39, 0.29) is 5.54 Å². The molecule has 4 heteroatoms. The average molecular weight is 264 g/mol. The van der Waals surface area contributed by atoms with Gasteiger partial charge in [0.15, 0.2) is 0 Å². The lowest BCUT2D eigenvalue weighted by Crippen LogP contribution is -2.39. The van der Waals surface area contributed by atoms with Crippen LogP contribution in [0, 0.1) is 12.8 Å². The van der Waals surface area contributed by atoms with Crippen molar-refractivity contribution in [3.8, 4) is 0 Å². The summed E-state index contributed by atoms with van der Waals surface area (Å²) in [6.45, 7) is 13.5. The van der Waals surface area contributed by atoms with Gasteiger partial charge in [-0.2, -0.15) is 5.10 Å². The second-order valence-electron chi connectivity index (χ2n) is 6.90. The Hall–Kier alpha value is -0.870. The van der Waals surface area contributed by atoms with Gasteiger partial charge in [0.25, 0.3) is 0 Å². The van der Waals surface area contributed by atoms with Gasteiger partial charge in [0, 0.05) is 36.9 Å². The van der Waals surface area contributed by atoms with Crippen LogP contribution in [0.15, 0.2) is 6.20 Å². The van der Waals surface area contributed by atoms with Gasteiger partial charge in [-0.15, -0.1) is 0 Å². The molecule has 0 radical (unpaired) electrons. The first-order chi connectivity index (χ1) is 8.85. The van der Waals surface area contributed by atoms with Crippen LogP contribution in [0.25, 0.3) is 0 Å². The van der Waals surface area contributed by atoms with E-state index in [0.29, 0.717) is 0 Å². The van der Waals surface area contributed by atoms with Crippen LogP contribution in [0.5, 0.6) is 0 Å². The molecule has 2 heterocycles. The normalized spacial score (nSPS) is 21.2. The quantitative estimate of drug-likeness (QED) is 0.902. The SMILES string of the molecule is Cc1c(CN2CCC(CNC(C)(C)C)C2)cnn1C. The first kappa shape index (κ1) is 14.5. The Morgan fingerprint density at radius 1 is 1.42 bits per heavy atom. The number of rotatable bonds is 4. The third kappa shape index (κ3) is 4.05. The minimum Gasteiger partial charge on any atom is -0.312 e. The van der Waals surface area contributed by atoms with Crippen LogP contribution in [-0.2, 0) is 13.6 Å². The molecule has 1 aliphatic heterocycles. The maximum atomic E-state index is 4.32. The Morgan fingerprint density at radius 3 is 2.74 bits per heavy atom. The molecule has 1 saturated heterocycles. The number of likely N-dealkylation sites (tertiary alicyclic amines) is 1. The Kier molecular flexibility index (Phi) is 4.31. The summed E-state index contributed by atoms with van der Waals surface area (Å²) < 4.78 is 1.96. The van der Waals surface area contributed by atoms with E-state index in [0.717, 1.165) is 19.0 Å². The summed E-state index contributed by atoms with van der Waals surface area (Å²) in [5, 5.41) is 7.94. The van der Waals surface area contributed by atoms with Crippen molar-refractivity contribution in [2.24, 2.45) is 13.0 Å². The standard InChI is InChI=1S/C15H28N4/c1-12-14(9-17-18(12)5)11-19-7-6-13(10-19)8-16-15(2,3)4/h9,13,16H,6-8,10-11H2,1-5H3. The molecular formula is C15H28N4. The summed E-state index contributed by atoms with van der Waals surface area (Å²) in [6, 6.07) is 0. The highest BCUT2D eigenvalue weighted by atomic mass is 15.3. The van der Waals surface area contributed by atoms with E-state index in [9.17, 15) is 0 Å². The molecule has 0 aromatic carbocycles. The summed E-state index contributed by atoms with van der Waals surface area (Å²) >= 11 is 0. The minimum absolute atomic E-state index is 0.230. The van der Waals surface area contributed by atoms with Crippen LogP contribution < -0.4 is 5.32 Å². The zero-order valence-electron chi connectivity index (χ0n) is 13.0. The molecule has 1 aliphatic rings. The molecule has 0 amide bonds. The van der Waals surface area contributed by atoms with Crippen molar-refractivity contribution in [1.29, 1.82) is 0 Å². The fourth-order valence-corrected chi connectivity index (χ4v) is 2.61. The van der Waals surface area contributed by atoms with Gasteiger partial charge in [-0.05, 0) is 53.1 Å². The van der Waals surface area contributed by atoms with E-state index in [1.54, 1.807) is 0 Å².